The van der Waals surface area contributed by atoms with Crippen molar-refractivity contribution in [2.45, 2.75) is 44.9 Å². The van der Waals surface area contributed by atoms with E-state index in [2.05, 4.69) is 6.92 Å². The number of nitro groups is 1. The van der Waals surface area contributed by atoms with E-state index in [-0.39, 0.29) is 11.4 Å². The van der Waals surface area contributed by atoms with E-state index in [9.17, 15) is 20.0 Å². The second kappa shape index (κ2) is 7.47. The Morgan fingerprint density at radius 2 is 2.10 bits per heavy atom. The number of carboxylic acids is 1. The zero-order valence-electron chi connectivity index (χ0n) is 11.5. The molecular formula is C14H20N2O4. The molecule has 0 saturated carbocycles. The summed E-state index contributed by atoms with van der Waals surface area (Å²) < 4.78 is 0. The molecule has 1 atom stereocenters. The molecule has 0 amide bonds. The molecule has 0 radical (unpaired) electrons. The van der Waals surface area contributed by atoms with E-state index in [4.69, 9.17) is 5.73 Å². The third kappa shape index (κ3) is 3.94. The van der Waals surface area contributed by atoms with Crippen molar-refractivity contribution in [3.63, 3.8) is 0 Å². The van der Waals surface area contributed by atoms with Crippen LogP contribution in [0, 0.1) is 10.1 Å². The zero-order valence-corrected chi connectivity index (χ0v) is 11.5. The molecule has 1 rings (SSSR count). The number of carboxylic acid groups (broad SMARTS) is 1. The van der Waals surface area contributed by atoms with Crippen molar-refractivity contribution in [1.29, 1.82) is 0 Å². The number of carbonyl (C=O) groups is 1. The predicted molar refractivity (Wildman–Crippen MR) is 76.6 cm³/mol. The Kier molecular flexibility index (Phi) is 5.96. The van der Waals surface area contributed by atoms with Gasteiger partial charge in [0.2, 0.25) is 0 Å². The van der Waals surface area contributed by atoms with Crippen LogP contribution in [0.2, 0.25) is 0 Å². The SMILES string of the molecule is CCCCCCC(C(=O)O)c1cccc([N+](=O)[O-])c1N. The highest BCUT2D eigenvalue weighted by atomic mass is 16.6. The Labute approximate surface area is 117 Å². The Morgan fingerprint density at radius 1 is 1.40 bits per heavy atom. The average Bonchev–Trinajstić information content (AvgIpc) is 2.39. The van der Waals surface area contributed by atoms with E-state index < -0.39 is 16.8 Å². The number of nitrogens with two attached hydrogens (primary N) is 1. The number of nitro benzene ring substituents is 1. The molecule has 0 aliphatic carbocycles. The molecule has 1 aromatic rings. The molecule has 6 heteroatoms. The summed E-state index contributed by atoms with van der Waals surface area (Å²) in [6.45, 7) is 2.08. The second-order valence-corrected chi connectivity index (χ2v) is 4.78. The summed E-state index contributed by atoms with van der Waals surface area (Å²) in [5, 5.41) is 20.2. The first kappa shape index (κ1) is 15.9. The van der Waals surface area contributed by atoms with Gasteiger partial charge in [-0.05, 0) is 12.0 Å². The van der Waals surface area contributed by atoms with Gasteiger partial charge in [0.15, 0.2) is 0 Å². The lowest BCUT2D eigenvalue weighted by Crippen LogP contribution is -2.14. The van der Waals surface area contributed by atoms with Crippen LogP contribution in [0.3, 0.4) is 0 Å². The summed E-state index contributed by atoms with van der Waals surface area (Å²) >= 11 is 0. The van der Waals surface area contributed by atoms with Crippen LogP contribution in [0.5, 0.6) is 0 Å². The quantitative estimate of drug-likeness (QED) is 0.329. The number of nitrogens with zero attached hydrogens (tertiary/aromatic N) is 1. The van der Waals surface area contributed by atoms with Gasteiger partial charge >= 0.3 is 5.97 Å². The van der Waals surface area contributed by atoms with Crippen LogP contribution in [0.15, 0.2) is 18.2 Å². The molecule has 3 N–H and O–H groups in total. The Hall–Kier alpha value is -2.11. The van der Waals surface area contributed by atoms with Gasteiger partial charge in [0.25, 0.3) is 5.69 Å². The number of rotatable bonds is 8. The van der Waals surface area contributed by atoms with Crippen LogP contribution in [0.25, 0.3) is 0 Å². The van der Waals surface area contributed by atoms with Gasteiger partial charge in [-0.15, -0.1) is 0 Å². The smallest absolute Gasteiger partial charge is 0.311 e. The topological polar surface area (TPSA) is 106 Å². The Balaban J connectivity index is 2.95. The molecule has 0 aliphatic heterocycles. The Bertz CT molecular complexity index is 488. The molecule has 0 spiro atoms. The Morgan fingerprint density at radius 3 is 2.65 bits per heavy atom. The summed E-state index contributed by atoms with van der Waals surface area (Å²) in [6, 6.07) is 4.32. The van der Waals surface area contributed by atoms with E-state index >= 15 is 0 Å². The largest absolute Gasteiger partial charge is 0.481 e. The number of aliphatic carboxylic acids is 1. The monoisotopic (exact) mass is 280 g/mol. The van der Waals surface area contributed by atoms with Crippen LogP contribution >= 0.6 is 0 Å². The van der Waals surface area contributed by atoms with Gasteiger partial charge in [-0.2, -0.15) is 0 Å². The maximum absolute atomic E-state index is 11.4. The maximum Gasteiger partial charge on any atom is 0.311 e. The van der Waals surface area contributed by atoms with Crippen molar-refractivity contribution in [3.8, 4) is 0 Å². The second-order valence-electron chi connectivity index (χ2n) is 4.78. The molecular weight excluding hydrogens is 260 g/mol. The lowest BCUT2D eigenvalue weighted by atomic mass is 9.91. The third-order valence-corrected chi connectivity index (χ3v) is 3.33. The zero-order chi connectivity index (χ0) is 15.1. The van der Waals surface area contributed by atoms with Crippen LogP contribution in [0.4, 0.5) is 11.4 Å². The van der Waals surface area contributed by atoms with Crippen LogP contribution in [0.1, 0.15) is 50.5 Å². The molecule has 0 saturated heterocycles. The first-order valence-corrected chi connectivity index (χ1v) is 6.74. The van der Waals surface area contributed by atoms with E-state index in [1.807, 2.05) is 0 Å². The van der Waals surface area contributed by atoms with Gasteiger partial charge in [0.1, 0.15) is 5.69 Å². The molecule has 1 aromatic carbocycles. The minimum absolute atomic E-state index is 0.0413. The minimum atomic E-state index is -0.992. The standard InChI is InChI=1S/C14H20N2O4/c1-2-3-4-5-7-11(14(17)18)10-8-6-9-12(13(10)15)16(19)20/h6,8-9,11H,2-5,7,15H2,1H3,(H,17,18). The molecule has 0 heterocycles. The summed E-state index contributed by atoms with van der Waals surface area (Å²) in [5.41, 5.74) is 5.81. The minimum Gasteiger partial charge on any atom is -0.481 e. The van der Waals surface area contributed by atoms with Crippen molar-refractivity contribution in [2.75, 3.05) is 5.73 Å². The fourth-order valence-corrected chi connectivity index (χ4v) is 2.22. The highest BCUT2D eigenvalue weighted by Crippen LogP contribution is 2.33. The number of anilines is 1. The molecule has 20 heavy (non-hydrogen) atoms. The average molecular weight is 280 g/mol. The van der Waals surface area contributed by atoms with Gasteiger partial charge in [-0.1, -0.05) is 44.7 Å². The fourth-order valence-electron chi connectivity index (χ4n) is 2.22. The first-order valence-electron chi connectivity index (χ1n) is 6.74. The van der Waals surface area contributed by atoms with Crippen LogP contribution in [-0.2, 0) is 4.79 Å². The van der Waals surface area contributed by atoms with Crippen molar-refractivity contribution in [1.82, 2.24) is 0 Å². The van der Waals surface area contributed by atoms with Crippen molar-refractivity contribution in [3.05, 3.63) is 33.9 Å². The van der Waals surface area contributed by atoms with Crippen LogP contribution < -0.4 is 5.73 Å². The summed E-state index contributed by atoms with van der Waals surface area (Å²) in [5.74, 6) is -1.78. The van der Waals surface area contributed by atoms with Crippen LogP contribution in [-0.4, -0.2) is 16.0 Å². The van der Waals surface area contributed by atoms with E-state index in [0.717, 1.165) is 25.7 Å². The van der Waals surface area contributed by atoms with Crippen molar-refractivity contribution >= 4 is 17.3 Å². The van der Waals surface area contributed by atoms with E-state index in [1.54, 1.807) is 6.07 Å². The number of para-hydroxylation sites is 1. The van der Waals surface area contributed by atoms with Gasteiger partial charge in [0, 0.05) is 6.07 Å². The molecule has 0 aliphatic rings. The summed E-state index contributed by atoms with van der Waals surface area (Å²) in [4.78, 5) is 21.6. The predicted octanol–water partition coefficient (Wildman–Crippen LogP) is 3.32. The number of hydrogen-bond acceptors (Lipinski definition) is 4. The number of unbranched alkanes of at least 4 members (excludes halogenated alkanes) is 3. The summed E-state index contributed by atoms with van der Waals surface area (Å²) in [7, 11) is 0. The van der Waals surface area contributed by atoms with Crippen molar-refractivity contribution < 1.29 is 14.8 Å². The highest BCUT2D eigenvalue weighted by molar-refractivity contribution is 5.80. The lowest BCUT2D eigenvalue weighted by molar-refractivity contribution is -0.383. The number of benzene rings is 1. The third-order valence-electron chi connectivity index (χ3n) is 3.33. The van der Waals surface area contributed by atoms with E-state index in [0.29, 0.717) is 12.0 Å². The maximum atomic E-state index is 11.4. The highest BCUT2D eigenvalue weighted by Gasteiger charge is 2.25. The van der Waals surface area contributed by atoms with Gasteiger partial charge in [-0.25, -0.2) is 0 Å². The molecule has 0 bridgehead atoms. The number of nitrogen functional groups attached to an aromatic ring is 1. The molecule has 6 nitrogen and oxygen atoms in total. The van der Waals surface area contributed by atoms with Crippen molar-refractivity contribution in [2.24, 2.45) is 0 Å². The van der Waals surface area contributed by atoms with Gasteiger partial charge < -0.3 is 10.8 Å². The molecule has 110 valence electrons. The van der Waals surface area contributed by atoms with E-state index in [1.165, 1.54) is 12.1 Å². The fraction of sp³-hybridized carbons (Fsp3) is 0.500. The molecule has 1 unspecified atom stereocenters. The molecule has 0 aromatic heterocycles. The lowest BCUT2D eigenvalue weighted by Gasteiger charge is -2.14. The first-order chi connectivity index (χ1) is 9.49. The van der Waals surface area contributed by atoms with Gasteiger partial charge in [-0.3, -0.25) is 14.9 Å². The summed E-state index contributed by atoms with van der Waals surface area (Å²) in [6.07, 6.45) is 4.29. The number of hydrogen-bond donors (Lipinski definition) is 2. The normalized spacial score (nSPS) is 12.1. The van der Waals surface area contributed by atoms with Gasteiger partial charge in [0.05, 0.1) is 10.8 Å². The molecule has 0 fully saturated rings.